The van der Waals surface area contributed by atoms with Crippen LogP contribution in [0.4, 0.5) is 0 Å². The highest BCUT2D eigenvalue weighted by atomic mass is 32.2. The molecule has 1 amide bonds. The predicted octanol–water partition coefficient (Wildman–Crippen LogP) is 3.39. The molecule has 1 saturated carbocycles. The van der Waals surface area contributed by atoms with E-state index < -0.39 is 0 Å². The summed E-state index contributed by atoms with van der Waals surface area (Å²) in [6, 6.07) is 9.57. The predicted molar refractivity (Wildman–Crippen MR) is 87.9 cm³/mol. The van der Waals surface area contributed by atoms with Crippen LogP contribution < -0.4 is 5.32 Å². The normalized spacial score (nSPS) is 15.4. The topological polar surface area (TPSA) is 54.9 Å². The molecule has 0 radical (unpaired) electrons. The molecule has 0 unspecified atom stereocenters. The number of hydrogen-bond acceptors (Lipinski definition) is 4. The fraction of sp³-hybridized carbons (Fsp3) is 0.353. The van der Waals surface area contributed by atoms with Gasteiger partial charge in [-0.15, -0.1) is 11.8 Å². The van der Waals surface area contributed by atoms with Crippen LogP contribution in [0.1, 0.15) is 40.6 Å². The van der Waals surface area contributed by atoms with E-state index in [9.17, 15) is 4.79 Å². The van der Waals surface area contributed by atoms with Crippen molar-refractivity contribution < 1.29 is 4.79 Å². The van der Waals surface area contributed by atoms with Crippen molar-refractivity contribution in [3.8, 4) is 0 Å². The number of nitrogens with one attached hydrogen (secondary N) is 1. The molecule has 1 atom stereocenters. The second-order valence-electron chi connectivity index (χ2n) is 5.55. The highest BCUT2D eigenvalue weighted by Gasteiger charge is 2.34. The largest absolute Gasteiger partial charge is 0.343 e. The van der Waals surface area contributed by atoms with Crippen molar-refractivity contribution in [2.75, 3.05) is 6.26 Å². The van der Waals surface area contributed by atoms with Gasteiger partial charge in [0.25, 0.3) is 5.91 Å². The summed E-state index contributed by atoms with van der Waals surface area (Å²) in [4.78, 5) is 21.5. The molecule has 0 aliphatic heterocycles. The fourth-order valence-corrected chi connectivity index (χ4v) is 3.09. The van der Waals surface area contributed by atoms with Gasteiger partial charge in [-0.2, -0.15) is 0 Å². The van der Waals surface area contributed by atoms with Crippen LogP contribution in [0.25, 0.3) is 0 Å². The Labute approximate surface area is 134 Å². The summed E-state index contributed by atoms with van der Waals surface area (Å²) in [5.74, 6) is 0.422. The van der Waals surface area contributed by atoms with Gasteiger partial charge in [-0.25, -0.2) is 4.98 Å². The molecule has 0 aromatic carbocycles. The Balaban J connectivity index is 1.84. The highest BCUT2D eigenvalue weighted by molar-refractivity contribution is 7.98. The second-order valence-corrected chi connectivity index (χ2v) is 6.35. The molecule has 0 spiro atoms. The van der Waals surface area contributed by atoms with E-state index in [0.29, 0.717) is 11.5 Å². The molecule has 4 nitrogen and oxygen atoms in total. The summed E-state index contributed by atoms with van der Waals surface area (Å²) in [5, 5.41) is 3.91. The molecule has 114 valence electrons. The third kappa shape index (κ3) is 3.30. The third-order valence-corrected chi connectivity index (χ3v) is 4.53. The molecule has 1 N–H and O–H groups in total. The molecule has 3 rings (SSSR count). The Morgan fingerprint density at radius 2 is 2.14 bits per heavy atom. The lowest BCUT2D eigenvalue weighted by Crippen LogP contribution is -2.31. The van der Waals surface area contributed by atoms with Crippen molar-refractivity contribution in [3.63, 3.8) is 0 Å². The lowest BCUT2D eigenvalue weighted by atomic mass is 10.1. The van der Waals surface area contributed by atoms with Crippen molar-refractivity contribution in [1.82, 2.24) is 15.3 Å². The summed E-state index contributed by atoms with van der Waals surface area (Å²) in [6.07, 6.45) is 5.93. The van der Waals surface area contributed by atoms with E-state index in [1.807, 2.05) is 37.4 Å². The number of rotatable bonds is 5. The Hall–Kier alpha value is -1.88. The van der Waals surface area contributed by atoms with E-state index in [4.69, 9.17) is 0 Å². The maximum Gasteiger partial charge on any atom is 0.254 e. The maximum atomic E-state index is 12.6. The van der Waals surface area contributed by atoms with Crippen LogP contribution in [0.3, 0.4) is 0 Å². The van der Waals surface area contributed by atoms with Crippen molar-refractivity contribution in [3.05, 3.63) is 53.5 Å². The lowest BCUT2D eigenvalue weighted by Gasteiger charge is -2.19. The number of amides is 1. The van der Waals surface area contributed by atoms with E-state index in [1.165, 1.54) is 11.8 Å². The van der Waals surface area contributed by atoms with Gasteiger partial charge in [0, 0.05) is 11.9 Å². The molecule has 5 heteroatoms. The van der Waals surface area contributed by atoms with Gasteiger partial charge >= 0.3 is 0 Å². The number of hydrogen-bond donors (Lipinski definition) is 1. The Kier molecular flexibility index (Phi) is 4.43. The average molecular weight is 313 g/mol. The number of carbonyl (C=O) groups is 1. The molecule has 1 aliphatic carbocycles. The first-order chi connectivity index (χ1) is 10.7. The number of nitrogens with zero attached hydrogens (tertiary/aromatic N) is 2. The SMILES string of the molecule is CSc1ncccc1C(=O)N[C@@H](c1cccc(C)n1)C1CC1. The average Bonchev–Trinajstić information content (AvgIpc) is 3.37. The lowest BCUT2D eigenvalue weighted by molar-refractivity contribution is 0.0927. The molecule has 1 fully saturated rings. The maximum absolute atomic E-state index is 12.6. The number of thioether (sulfide) groups is 1. The minimum atomic E-state index is -0.0716. The van der Waals surface area contributed by atoms with Crippen LogP contribution in [0.5, 0.6) is 0 Å². The zero-order valence-corrected chi connectivity index (χ0v) is 13.6. The molecular weight excluding hydrogens is 294 g/mol. The first-order valence-corrected chi connectivity index (χ1v) is 8.65. The van der Waals surface area contributed by atoms with Crippen LogP contribution in [-0.2, 0) is 0 Å². The second kappa shape index (κ2) is 6.48. The minimum absolute atomic E-state index is 0.0117. The Bertz CT molecular complexity index is 685. The number of aromatic nitrogens is 2. The van der Waals surface area contributed by atoms with Crippen LogP contribution in [0.2, 0.25) is 0 Å². The van der Waals surface area contributed by atoms with Crippen molar-refractivity contribution >= 4 is 17.7 Å². The zero-order valence-electron chi connectivity index (χ0n) is 12.7. The minimum Gasteiger partial charge on any atom is -0.343 e. The van der Waals surface area contributed by atoms with E-state index >= 15 is 0 Å². The van der Waals surface area contributed by atoms with Gasteiger partial charge in [0.1, 0.15) is 5.03 Å². The third-order valence-electron chi connectivity index (χ3n) is 3.82. The molecular formula is C17H19N3OS. The van der Waals surface area contributed by atoms with E-state index in [0.717, 1.165) is 29.3 Å². The molecule has 2 heterocycles. The van der Waals surface area contributed by atoms with Crippen LogP contribution in [0, 0.1) is 12.8 Å². The number of pyridine rings is 2. The standard InChI is InChI=1S/C17H19N3OS/c1-11-5-3-7-14(19-11)15(12-8-9-12)20-16(21)13-6-4-10-18-17(13)22-2/h3-7,10,12,15H,8-9H2,1-2H3,(H,20,21)/t15-/m1/s1. The van der Waals surface area contributed by atoms with Crippen molar-refractivity contribution in [1.29, 1.82) is 0 Å². The molecule has 2 aromatic rings. The molecule has 22 heavy (non-hydrogen) atoms. The first kappa shape index (κ1) is 15.0. The first-order valence-electron chi connectivity index (χ1n) is 7.42. The molecule has 2 aromatic heterocycles. The van der Waals surface area contributed by atoms with Crippen LogP contribution >= 0.6 is 11.8 Å². The van der Waals surface area contributed by atoms with Gasteiger partial charge in [0.05, 0.1) is 17.3 Å². The van der Waals surface area contributed by atoms with Gasteiger partial charge in [0.15, 0.2) is 0 Å². The fourth-order valence-electron chi connectivity index (χ4n) is 2.55. The van der Waals surface area contributed by atoms with Gasteiger partial charge in [-0.3, -0.25) is 9.78 Å². The summed E-state index contributed by atoms with van der Waals surface area (Å²) in [7, 11) is 0. The summed E-state index contributed by atoms with van der Waals surface area (Å²) in [6.45, 7) is 1.97. The van der Waals surface area contributed by atoms with Gasteiger partial charge < -0.3 is 5.32 Å². The van der Waals surface area contributed by atoms with Gasteiger partial charge in [-0.05, 0) is 56.2 Å². The quantitative estimate of drug-likeness (QED) is 0.860. The molecule has 0 saturated heterocycles. The highest BCUT2D eigenvalue weighted by Crippen LogP contribution is 2.40. The monoisotopic (exact) mass is 313 g/mol. The number of carbonyl (C=O) groups excluding carboxylic acids is 1. The van der Waals surface area contributed by atoms with E-state index in [1.54, 1.807) is 12.3 Å². The van der Waals surface area contributed by atoms with E-state index in [-0.39, 0.29) is 11.9 Å². The van der Waals surface area contributed by atoms with Crippen molar-refractivity contribution in [2.24, 2.45) is 5.92 Å². The molecule has 0 bridgehead atoms. The summed E-state index contributed by atoms with van der Waals surface area (Å²) >= 11 is 1.49. The van der Waals surface area contributed by atoms with Crippen molar-refractivity contribution in [2.45, 2.75) is 30.8 Å². The molecule has 1 aliphatic rings. The Morgan fingerprint density at radius 3 is 2.82 bits per heavy atom. The number of aryl methyl sites for hydroxylation is 1. The zero-order chi connectivity index (χ0) is 15.5. The summed E-state index contributed by atoms with van der Waals surface area (Å²) in [5.41, 5.74) is 2.56. The Morgan fingerprint density at radius 1 is 1.32 bits per heavy atom. The van der Waals surface area contributed by atoms with E-state index in [2.05, 4.69) is 15.3 Å². The smallest absolute Gasteiger partial charge is 0.254 e. The van der Waals surface area contributed by atoms with Gasteiger partial charge in [-0.1, -0.05) is 6.07 Å². The van der Waals surface area contributed by atoms with Gasteiger partial charge in [0.2, 0.25) is 0 Å². The van der Waals surface area contributed by atoms with Crippen LogP contribution in [0.15, 0.2) is 41.6 Å². The van der Waals surface area contributed by atoms with Crippen LogP contribution in [-0.4, -0.2) is 22.1 Å². The summed E-state index contributed by atoms with van der Waals surface area (Å²) < 4.78 is 0.